The van der Waals surface area contributed by atoms with E-state index in [1.807, 2.05) is 0 Å². The summed E-state index contributed by atoms with van der Waals surface area (Å²) in [5.74, 6) is 0.988. The van der Waals surface area contributed by atoms with Gasteiger partial charge in [0.15, 0.2) is 5.90 Å². The van der Waals surface area contributed by atoms with Gasteiger partial charge in [-0.2, -0.15) is 0 Å². The van der Waals surface area contributed by atoms with Gasteiger partial charge in [-0.25, -0.2) is 4.99 Å². The molecule has 0 aromatic heterocycles. The van der Waals surface area contributed by atoms with Gasteiger partial charge in [0.25, 0.3) is 0 Å². The van der Waals surface area contributed by atoms with Crippen molar-refractivity contribution in [1.82, 2.24) is 0 Å². The Morgan fingerprint density at radius 1 is 1.45 bits per heavy atom. The number of rotatable bonds is 1. The summed E-state index contributed by atoms with van der Waals surface area (Å²) in [6.45, 7) is 2.11. The molecular formula is C9H15NO. The van der Waals surface area contributed by atoms with Gasteiger partial charge in [-0.3, -0.25) is 0 Å². The topological polar surface area (TPSA) is 21.6 Å². The molecule has 1 fully saturated rings. The van der Waals surface area contributed by atoms with Crippen LogP contribution in [0.3, 0.4) is 0 Å². The van der Waals surface area contributed by atoms with Gasteiger partial charge in [-0.05, 0) is 19.3 Å². The molecule has 0 spiro atoms. The molecule has 0 bridgehead atoms. The highest BCUT2D eigenvalue weighted by Crippen LogP contribution is 2.28. The Labute approximate surface area is 67.7 Å². The summed E-state index contributed by atoms with van der Waals surface area (Å²) in [4.78, 5) is 4.52. The quantitative estimate of drug-likeness (QED) is 0.565. The molecule has 2 aliphatic rings. The van der Waals surface area contributed by atoms with Crippen LogP contribution >= 0.6 is 0 Å². The molecule has 2 atom stereocenters. The number of ether oxygens (including phenoxy) is 1. The number of aliphatic imine (C=N–C) groups is 1. The lowest BCUT2D eigenvalue weighted by atomic mass is 9.94. The third kappa shape index (κ3) is 1.26. The zero-order chi connectivity index (χ0) is 7.68. The molecule has 0 saturated heterocycles. The number of nitrogens with zero attached hydrogens (tertiary/aromatic N) is 1. The molecule has 0 radical (unpaired) electrons. The van der Waals surface area contributed by atoms with E-state index in [2.05, 4.69) is 11.9 Å². The minimum Gasteiger partial charge on any atom is -0.475 e. The molecule has 2 nitrogen and oxygen atoms in total. The van der Waals surface area contributed by atoms with Gasteiger partial charge >= 0.3 is 0 Å². The van der Waals surface area contributed by atoms with E-state index in [4.69, 9.17) is 4.74 Å². The van der Waals surface area contributed by atoms with Crippen molar-refractivity contribution in [2.45, 2.75) is 51.2 Å². The molecule has 0 aromatic rings. The molecule has 1 aliphatic carbocycles. The van der Waals surface area contributed by atoms with Crippen molar-refractivity contribution in [3.63, 3.8) is 0 Å². The largest absolute Gasteiger partial charge is 0.475 e. The summed E-state index contributed by atoms with van der Waals surface area (Å²) in [7, 11) is 0. The van der Waals surface area contributed by atoms with Gasteiger partial charge in [-0.1, -0.05) is 13.3 Å². The van der Waals surface area contributed by atoms with Gasteiger partial charge in [0.2, 0.25) is 0 Å². The van der Waals surface area contributed by atoms with Crippen molar-refractivity contribution in [1.29, 1.82) is 0 Å². The summed E-state index contributed by atoms with van der Waals surface area (Å²) in [5.41, 5.74) is 0. The van der Waals surface area contributed by atoms with Crippen LogP contribution in [0.5, 0.6) is 0 Å². The standard InChI is InChI=1S/C9H15NO/c1-2-9-10-7-5-3-4-6-8(7)11-9/h7-8H,2-6H2,1H3. The molecule has 11 heavy (non-hydrogen) atoms. The molecule has 1 saturated carbocycles. The molecule has 1 heterocycles. The van der Waals surface area contributed by atoms with Crippen LogP contribution in [0.15, 0.2) is 4.99 Å². The second-order valence-corrected chi connectivity index (χ2v) is 3.38. The first kappa shape index (κ1) is 7.14. The van der Waals surface area contributed by atoms with Gasteiger partial charge in [0.05, 0.1) is 6.04 Å². The second-order valence-electron chi connectivity index (χ2n) is 3.38. The summed E-state index contributed by atoms with van der Waals surface area (Å²) in [6.07, 6.45) is 6.54. The van der Waals surface area contributed by atoms with Crippen molar-refractivity contribution in [2.24, 2.45) is 4.99 Å². The fourth-order valence-corrected chi connectivity index (χ4v) is 1.93. The average Bonchev–Trinajstić information content (AvgIpc) is 2.46. The molecule has 2 unspecified atom stereocenters. The third-order valence-corrected chi connectivity index (χ3v) is 2.57. The molecular weight excluding hydrogens is 138 g/mol. The monoisotopic (exact) mass is 153 g/mol. The molecule has 2 heteroatoms. The van der Waals surface area contributed by atoms with Crippen LogP contribution in [0, 0.1) is 0 Å². The Kier molecular flexibility index (Phi) is 1.84. The summed E-state index contributed by atoms with van der Waals surface area (Å²) >= 11 is 0. The molecule has 1 aliphatic heterocycles. The fourth-order valence-electron chi connectivity index (χ4n) is 1.93. The van der Waals surface area contributed by atoms with Gasteiger partial charge in [-0.15, -0.1) is 0 Å². The maximum Gasteiger partial charge on any atom is 0.183 e. The van der Waals surface area contributed by atoms with E-state index < -0.39 is 0 Å². The molecule has 0 amide bonds. The van der Waals surface area contributed by atoms with Crippen molar-refractivity contribution >= 4 is 5.90 Å². The predicted molar refractivity (Wildman–Crippen MR) is 44.9 cm³/mol. The lowest BCUT2D eigenvalue weighted by Crippen LogP contribution is -2.25. The van der Waals surface area contributed by atoms with E-state index in [1.54, 1.807) is 0 Å². The van der Waals surface area contributed by atoms with E-state index >= 15 is 0 Å². The highest BCUT2D eigenvalue weighted by molar-refractivity contribution is 5.77. The second kappa shape index (κ2) is 2.84. The van der Waals surface area contributed by atoms with Crippen molar-refractivity contribution in [2.75, 3.05) is 0 Å². The van der Waals surface area contributed by atoms with Crippen LogP contribution in [0.2, 0.25) is 0 Å². The maximum atomic E-state index is 5.66. The lowest BCUT2D eigenvalue weighted by molar-refractivity contribution is 0.150. The van der Waals surface area contributed by atoms with Crippen LogP contribution in [0.25, 0.3) is 0 Å². The predicted octanol–water partition coefficient (Wildman–Crippen LogP) is 2.14. The molecule has 0 N–H and O–H groups in total. The minimum atomic E-state index is 0.443. The van der Waals surface area contributed by atoms with Crippen LogP contribution in [-0.2, 0) is 4.74 Å². The minimum absolute atomic E-state index is 0.443. The van der Waals surface area contributed by atoms with Crippen LogP contribution < -0.4 is 0 Å². The van der Waals surface area contributed by atoms with E-state index in [1.165, 1.54) is 25.7 Å². The van der Waals surface area contributed by atoms with E-state index in [0.717, 1.165) is 12.3 Å². The first-order chi connectivity index (χ1) is 5.40. The van der Waals surface area contributed by atoms with Crippen molar-refractivity contribution < 1.29 is 4.74 Å². The smallest absolute Gasteiger partial charge is 0.183 e. The van der Waals surface area contributed by atoms with Gasteiger partial charge < -0.3 is 4.74 Å². The Morgan fingerprint density at radius 3 is 3.00 bits per heavy atom. The van der Waals surface area contributed by atoms with E-state index in [-0.39, 0.29) is 0 Å². The molecule has 0 aromatic carbocycles. The Morgan fingerprint density at radius 2 is 2.27 bits per heavy atom. The third-order valence-electron chi connectivity index (χ3n) is 2.57. The van der Waals surface area contributed by atoms with E-state index in [0.29, 0.717) is 12.1 Å². The maximum absolute atomic E-state index is 5.66. The average molecular weight is 153 g/mol. The normalized spacial score (nSPS) is 35.9. The Bertz CT molecular complexity index is 176. The van der Waals surface area contributed by atoms with E-state index in [9.17, 15) is 0 Å². The fraction of sp³-hybridized carbons (Fsp3) is 0.889. The number of hydrogen-bond donors (Lipinski definition) is 0. The Balaban J connectivity index is 2.02. The highest BCUT2D eigenvalue weighted by Gasteiger charge is 2.31. The Hall–Kier alpha value is -0.530. The molecule has 62 valence electrons. The van der Waals surface area contributed by atoms with Crippen LogP contribution in [-0.4, -0.2) is 18.0 Å². The summed E-state index contributed by atoms with van der Waals surface area (Å²) < 4.78 is 5.66. The van der Waals surface area contributed by atoms with Gasteiger partial charge in [0.1, 0.15) is 6.10 Å². The highest BCUT2D eigenvalue weighted by atomic mass is 16.5. The summed E-state index contributed by atoms with van der Waals surface area (Å²) in [5, 5.41) is 0. The summed E-state index contributed by atoms with van der Waals surface area (Å²) in [6, 6.07) is 0.513. The zero-order valence-corrected chi connectivity index (χ0v) is 7.05. The zero-order valence-electron chi connectivity index (χ0n) is 7.05. The number of hydrogen-bond acceptors (Lipinski definition) is 2. The SMILES string of the molecule is CCC1=NC2CCCCC2O1. The first-order valence-corrected chi connectivity index (χ1v) is 4.63. The van der Waals surface area contributed by atoms with Crippen molar-refractivity contribution in [3.8, 4) is 0 Å². The van der Waals surface area contributed by atoms with Crippen LogP contribution in [0.1, 0.15) is 39.0 Å². The van der Waals surface area contributed by atoms with Crippen LogP contribution in [0.4, 0.5) is 0 Å². The van der Waals surface area contributed by atoms with Gasteiger partial charge in [0, 0.05) is 6.42 Å². The lowest BCUT2D eigenvalue weighted by Gasteiger charge is -2.21. The first-order valence-electron chi connectivity index (χ1n) is 4.63. The van der Waals surface area contributed by atoms with Crippen molar-refractivity contribution in [3.05, 3.63) is 0 Å². The molecule has 2 rings (SSSR count). The number of fused-ring (bicyclic) bond motifs is 1.